The van der Waals surface area contributed by atoms with Crippen molar-refractivity contribution < 1.29 is 24.2 Å². The summed E-state index contributed by atoms with van der Waals surface area (Å²) in [6.45, 7) is 5.49. The smallest absolute Gasteiger partial charge is 0.301 e. The molecule has 0 aliphatic carbocycles. The van der Waals surface area contributed by atoms with E-state index in [1.54, 1.807) is 55.5 Å². The highest BCUT2D eigenvalue weighted by atomic mass is 35.5. The first-order valence-corrected chi connectivity index (χ1v) is 13.7. The highest BCUT2D eigenvalue weighted by Crippen LogP contribution is 2.44. The van der Waals surface area contributed by atoms with Gasteiger partial charge in [0.15, 0.2) is 10.9 Å². The van der Waals surface area contributed by atoms with Crippen molar-refractivity contribution in [3.05, 3.63) is 116 Å². The molecule has 2 heterocycles. The molecule has 40 heavy (non-hydrogen) atoms. The molecule has 1 aliphatic rings. The van der Waals surface area contributed by atoms with Crippen LogP contribution >= 0.6 is 22.9 Å². The number of carbonyl (C=O) groups is 3. The number of aliphatic hydroxyl groups is 1. The zero-order valence-corrected chi connectivity index (χ0v) is 23.5. The number of amides is 1. The summed E-state index contributed by atoms with van der Waals surface area (Å²) in [5.41, 5.74) is 3.45. The van der Waals surface area contributed by atoms with Crippen LogP contribution in [0.5, 0.6) is 5.75 Å². The average molecular weight is 573 g/mol. The van der Waals surface area contributed by atoms with Gasteiger partial charge in [-0.25, -0.2) is 4.98 Å². The van der Waals surface area contributed by atoms with Crippen LogP contribution in [0.4, 0.5) is 5.13 Å². The summed E-state index contributed by atoms with van der Waals surface area (Å²) < 4.78 is 5.88. The zero-order chi connectivity index (χ0) is 28.6. The molecule has 5 rings (SSSR count). The minimum atomic E-state index is -0.972. The van der Waals surface area contributed by atoms with E-state index in [1.165, 1.54) is 11.8 Å². The molecule has 4 aromatic rings. The third-order valence-electron chi connectivity index (χ3n) is 6.56. The van der Waals surface area contributed by atoms with Crippen LogP contribution < -0.4 is 9.64 Å². The summed E-state index contributed by atoms with van der Waals surface area (Å²) in [5.74, 6) is -1.63. The van der Waals surface area contributed by atoms with Crippen molar-refractivity contribution in [3.8, 4) is 5.75 Å². The van der Waals surface area contributed by atoms with Crippen molar-refractivity contribution >= 4 is 51.3 Å². The van der Waals surface area contributed by atoms with E-state index < -0.39 is 17.7 Å². The SMILES string of the molecule is CC(=O)c1sc(N2C(=O)C(=O)/C(=C(/O)c3ccc(OCc4cccc(C)c4)cc3)C2c2ccc(Cl)cc2)nc1C. The second-order valence-electron chi connectivity index (χ2n) is 9.49. The number of rotatable bonds is 7. The van der Waals surface area contributed by atoms with Crippen LogP contribution in [0.15, 0.2) is 78.4 Å². The van der Waals surface area contributed by atoms with Gasteiger partial charge in [-0.2, -0.15) is 0 Å². The van der Waals surface area contributed by atoms with E-state index in [0.29, 0.717) is 39.1 Å². The van der Waals surface area contributed by atoms with Crippen molar-refractivity contribution in [3.63, 3.8) is 0 Å². The van der Waals surface area contributed by atoms with Gasteiger partial charge in [0, 0.05) is 17.5 Å². The standard InChI is InChI=1S/C31H25ClN2O5S/c1-17-5-4-6-20(15-17)16-39-24-13-9-22(10-14-24)27(36)25-26(21-7-11-23(32)12-8-21)34(30(38)28(25)37)31-33-18(2)29(40-31)19(3)35/h4-15,26,36H,16H2,1-3H3/b27-25+. The van der Waals surface area contributed by atoms with Gasteiger partial charge in [-0.1, -0.05) is 64.9 Å². The van der Waals surface area contributed by atoms with Crippen LogP contribution in [0.2, 0.25) is 5.02 Å². The van der Waals surface area contributed by atoms with Crippen LogP contribution in [0, 0.1) is 13.8 Å². The monoisotopic (exact) mass is 572 g/mol. The third-order valence-corrected chi connectivity index (χ3v) is 8.07. The number of anilines is 1. The fraction of sp³-hybridized carbons (Fsp3) is 0.161. The summed E-state index contributed by atoms with van der Waals surface area (Å²) in [7, 11) is 0. The van der Waals surface area contributed by atoms with Gasteiger partial charge in [0.2, 0.25) is 0 Å². The second-order valence-corrected chi connectivity index (χ2v) is 10.9. The number of ketones is 2. The fourth-order valence-corrected chi connectivity index (χ4v) is 5.75. The maximum atomic E-state index is 13.4. The Labute approximate surface area is 240 Å². The minimum Gasteiger partial charge on any atom is -0.507 e. The molecule has 9 heteroatoms. The number of aryl methyl sites for hydroxylation is 2. The third kappa shape index (κ3) is 5.28. The van der Waals surface area contributed by atoms with Gasteiger partial charge in [0.1, 0.15) is 18.1 Å². The number of carbonyl (C=O) groups excluding carboxylic acids is 3. The highest BCUT2D eigenvalue weighted by Gasteiger charge is 2.48. The van der Waals surface area contributed by atoms with E-state index in [1.807, 2.05) is 31.2 Å². The van der Waals surface area contributed by atoms with Gasteiger partial charge >= 0.3 is 5.91 Å². The molecular weight excluding hydrogens is 548 g/mol. The molecule has 1 aliphatic heterocycles. The number of aliphatic hydroxyl groups excluding tert-OH is 1. The first-order chi connectivity index (χ1) is 19.1. The molecule has 7 nitrogen and oxygen atoms in total. The van der Waals surface area contributed by atoms with Crippen LogP contribution in [-0.2, 0) is 16.2 Å². The number of hydrogen-bond acceptors (Lipinski definition) is 7. The van der Waals surface area contributed by atoms with E-state index in [9.17, 15) is 19.5 Å². The molecule has 1 N–H and O–H groups in total. The number of hydrogen-bond donors (Lipinski definition) is 1. The van der Waals surface area contributed by atoms with Crippen molar-refractivity contribution in [1.82, 2.24) is 4.98 Å². The quantitative estimate of drug-likeness (QED) is 0.113. The Kier molecular flexibility index (Phi) is 7.56. The number of nitrogens with zero attached hydrogens (tertiary/aromatic N) is 2. The van der Waals surface area contributed by atoms with Crippen LogP contribution in [0.25, 0.3) is 5.76 Å². The lowest BCUT2D eigenvalue weighted by molar-refractivity contribution is -0.132. The van der Waals surface area contributed by atoms with Gasteiger partial charge in [0.25, 0.3) is 5.78 Å². The molecule has 0 bridgehead atoms. The normalized spacial score (nSPS) is 16.4. The molecule has 202 valence electrons. The summed E-state index contributed by atoms with van der Waals surface area (Å²) >= 11 is 7.14. The lowest BCUT2D eigenvalue weighted by Crippen LogP contribution is -2.29. The van der Waals surface area contributed by atoms with E-state index in [0.717, 1.165) is 22.5 Å². The number of ether oxygens (including phenoxy) is 1. The Morgan fingerprint density at radius 1 is 1.05 bits per heavy atom. The maximum Gasteiger partial charge on any atom is 0.301 e. The molecule has 1 unspecified atom stereocenters. The summed E-state index contributed by atoms with van der Waals surface area (Å²) in [6, 6.07) is 20.4. The summed E-state index contributed by atoms with van der Waals surface area (Å²) in [4.78, 5) is 44.9. The van der Waals surface area contributed by atoms with Crippen LogP contribution in [0.1, 0.15) is 50.6 Å². The van der Waals surface area contributed by atoms with Crippen LogP contribution in [-0.4, -0.2) is 27.6 Å². The molecule has 1 aromatic heterocycles. The predicted molar refractivity (Wildman–Crippen MR) is 155 cm³/mol. The van der Waals surface area contributed by atoms with Gasteiger partial charge < -0.3 is 9.84 Å². The summed E-state index contributed by atoms with van der Waals surface area (Å²) in [6.07, 6.45) is 0. The number of Topliss-reactive ketones (excluding diaryl/α,β-unsaturated/α-hetero) is 2. The van der Waals surface area contributed by atoms with E-state index in [-0.39, 0.29) is 22.2 Å². The van der Waals surface area contributed by atoms with Crippen molar-refractivity contribution in [2.24, 2.45) is 0 Å². The topological polar surface area (TPSA) is 96.8 Å². The van der Waals surface area contributed by atoms with E-state index >= 15 is 0 Å². The number of thiazole rings is 1. The molecule has 1 fully saturated rings. The van der Waals surface area contributed by atoms with Crippen molar-refractivity contribution in [2.75, 3.05) is 4.90 Å². The molecule has 1 atom stereocenters. The minimum absolute atomic E-state index is 0.0852. The van der Waals surface area contributed by atoms with E-state index in [2.05, 4.69) is 4.98 Å². The van der Waals surface area contributed by atoms with Crippen molar-refractivity contribution in [1.29, 1.82) is 0 Å². The molecule has 1 saturated heterocycles. The summed E-state index contributed by atoms with van der Waals surface area (Å²) in [5, 5.41) is 12.1. The highest BCUT2D eigenvalue weighted by molar-refractivity contribution is 7.18. The van der Waals surface area contributed by atoms with E-state index in [4.69, 9.17) is 16.3 Å². The molecule has 0 spiro atoms. The maximum absolute atomic E-state index is 13.4. The largest absolute Gasteiger partial charge is 0.507 e. The molecule has 0 saturated carbocycles. The van der Waals surface area contributed by atoms with Gasteiger partial charge in [0.05, 0.1) is 22.2 Å². The molecule has 0 radical (unpaired) electrons. The van der Waals surface area contributed by atoms with Gasteiger partial charge in [-0.15, -0.1) is 0 Å². The Bertz CT molecular complexity index is 1660. The Hall–Kier alpha value is -4.27. The number of halogens is 1. The number of benzene rings is 3. The lowest BCUT2D eigenvalue weighted by atomic mass is 9.95. The van der Waals surface area contributed by atoms with Gasteiger partial charge in [-0.05, 0) is 61.4 Å². The Morgan fingerprint density at radius 2 is 1.75 bits per heavy atom. The zero-order valence-electron chi connectivity index (χ0n) is 22.0. The molecule has 1 amide bonds. The predicted octanol–water partition coefficient (Wildman–Crippen LogP) is 6.82. The molecular formula is C31H25ClN2O5S. The number of aromatic nitrogens is 1. The first-order valence-electron chi connectivity index (χ1n) is 12.5. The second kappa shape index (κ2) is 11.1. The Balaban J connectivity index is 1.52. The van der Waals surface area contributed by atoms with Crippen molar-refractivity contribution in [2.45, 2.75) is 33.4 Å². The van der Waals surface area contributed by atoms with Gasteiger partial charge in [-0.3, -0.25) is 19.3 Å². The Morgan fingerprint density at radius 3 is 2.38 bits per heavy atom. The van der Waals surface area contributed by atoms with Crippen LogP contribution in [0.3, 0.4) is 0 Å². The average Bonchev–Trinajstić information content (AvgIpc) is 3.44. The lowest BCUT2D eigenvalue weighted by Gasteiger charge is -2.23. The molecule has 3 aromatic carbocycles. The fourth-order valence-electron chi connectivity index (χ4n) is 4.64. The first kappa shape index (κ1) is 27.3.